The van der Waals surface area contributed by atoms with Crippen molar-refractivity contribution in [1.29, 1.82) is 0 Å². The number of ether oxygens (including phenoxy) is 1. The van der Waals surface area contributed by atoms with Gasteiger partial charge in [-0.15, -0.1) is 5.10 Å². The average molecular weight is 338 g/mol. The zero-order valence-electron chi connectivity index (χ0n) is 14.0. The molecule has 0 spiro atoms. The number of nitrogens with one attached hydrogen (secondary N) is 1. The second kappa shape index (κ2) is 7.52. The summed E-state index contributed by atoms with van der Waals surface area (Å²) in [5, 5.41) is 13.9. The molecular weight excluding hydrogens is 320 g/mol. The largest absolute Gasteiger partial charge is 0.486 e. The fourth-order valence-corrected chi connectivity index (χ4v) is 2.20. The van der Waals surface area contributed by atoms with Crippen LogP contribution in [-0.2, 0) is 24.9 Å². The number of pyridine rings is 1. The zero-order chi connectivity index (χ0) is 17.6. The summed E-state index contributed by atoms with van der Waals surface area (Å²) in [5.41, 5.74) is 1.93. The smallest absolute Gasteiger partial charge is 0.229 e. The van der Waals surface area contributed by atoms with Crippen LogP contribution in [0.4, 0.5) is 5.82 Å². The van der Waals surface area contributed by atoms with Crippen molar-refractivity contribution >= 4 is 11.7 Å². The van der Waals surface area contributed by atoms with Gasteiger partial charge >= 0.3 is 0 Å². The normalized spacial score (nSPS) is 10.5. The second-order valence-corrected chi connectivity index (χ2v) is 5.59. The predicted octanol–water partition coefficient (Wildman–Crippen LogP) is 1.67. The van der Waals surface area contributed by atoms with Gasteiger partial charge in [0.2, 0.25) is 5.91 Å². The van der Waals surface area contributed by atoms with Crippen LogP contribution in [0, 0.1) is 6.92 Å². The van der Waals surface area contributed by atoms with E-state index in [9.17, 15) is 4.79 Å². The molecule has 0 aliphatic heterocycles. The molecule has 2 heterocycles. The van der Waals surface area contributed by atoms with E-state index in [1.165, 1.54) is 0 Å². The molecule has 0 aliphatic rings. The van der Waals surface area contributed by atoms with Gasteiger partial charge in [-0.2, -0.15) is 0 Å². The van der Waals surface area contributed by atoms with Crippen molar-refractivity contribution < 1.29 is 9.53 Å². The molecule has 1 aromatic carbocycles. The third-order valence-electron chi connectivity index (χ3n) is 3.55. The van der Waals surface area contributed by atoms with Crippen molar-refractivity contribution in [2.75, 3.05) is 5.32 Å². The monoisotopic (exact) mass is 338 g/mol. The SMILES string of the molecule is Cc1ccnc(NC(=O)Cc2ccc(OCc3nnnn3C)cc2)c1. The summed E-state index contributed by atoms with van der Waals surface area (Å²) in [6, 6.07) is 11.1. The predicted molar refractivity (Wildman–Crippen MR) is 90.9 cm³/mol. The molecule has 8 heteroatoms. The zero-order valence-corrected chi connectivity index (χ0v) is 14.0. The molecule has 0 radical (unpaired) electrons. The minimum Gasteiger partial charge on any atom is -0.486 e. The molecule has 0 aliphatic carbocycles. The molecule has 8 nitrogen and oxygen atoms in total. The molecule has 0 saturated heterocycles. The van der Waals surface area contributed by atoms with Crippen LogP contribution >= 0.6 is 0 Å². The van der Waals surface area contributed by atoms with E-state index in [-0.39, 0.29) is 18.9 Å². The lowest BCUT2D eigenvalue weighted by Crippen LogP contribution is -2.15. The molecule has 1 N–H and O–H groups in total. The Labute approximate surface area is 144 Å². The van der Waals surface area contributed by atoms with Crippen molar-refractivity contribution in [3.63, 3.8) is 0 Å². The molecule has 0 unspecified atom stereocenters. The van der Waals surface area contributed by atoms with Gasteiger partial charge < -0.3 is 10.1 Å². The summed E-state index contributed by atoms with van der Waals surface area (Å²) in [5.74, 6) is 1.76. The molecule has 3 aromatic rings. The number of hydrogen-bond acceptors (Lipinski definition) is 6. The van der Waals surface area contributed by atoms with Crippen LogP contribution < -0.4 is 10.1 Å². The highest BCUT2D eigenvalue weighted by molar-refractivity contribution is 5.91. The maximum absolute atomic E-state index is 12.1. The van der Waals surface area contributed by atoms with Crippen LogP contribution in [0.25, 0.3) is 0 Å². The number of aromatic nitrogens is 5. The van der Waals surface area contributed by atoms with Gasteiger partial charge in [0.1, 0.15) is 18.2 Å². The van der Waals surface area contributed by atoms with Crippen molar-refractivity contribution in [3.8, 4) is 5.75 Å². The second-order valence-electron chi connectivity index (χ2n) is 5.59. The first-order chi connectivity index (χ1) is 12.1. The number of carbonyl (C=O) groups excluding carboxylic acids is 1. The molecule has 2 aromatic heterocycles. The van der Waals surface area contributed by atoms with Gasteiger partial charge in [0.05, 0.1) is 6.42 Å². The topological polar surface area (TPSA) is 94.8 Å². The number of anilines is 1. The number of hydrogen-bond donors (Lipinski definition) is 1. The molecular formula is C17H18N6O2. The van der Waals surface area contributed by atoms with Crippen molar-refractivity contribution in [3.05, 3.63) is 59.5 Å². The third-order valence-corrected chi connectivity index (χ3v) is 3.55. The van der Waals surface area contributed by atoms with Crippen LogP contribution in [0.2, 0.25) is 0 Å². The minimum atomic E-state index is -0.114. The van der Waals surface area contributed by atoms with E-state index >= 15 is 0 Å². The molecule has 0 saturated carbocycles. The Hall–Kier alpha value is -3.29. The number of aryl methyl sites for hydroxylation is 2. The molecule has 0 fully saturated rings. The van der Waals surface area contributed by atoms with Crippen molar-refractivity contribution in [2.24, 2.45) is 7.05 Å². The molecule has 3 rings (SSSR count). The minimum absolute atomic E-state index is 0.114. The van der Waals surface area contributed by atoms with Crippen LogP contribution in [0.1, 0.15) is 17.0 Å². The fourth-order valence-electron chi connectivity index (χ4n) is 2.20. The first kappa shape index (κ1) is 16.6. The van der Waals surface area contributed by atoms with Crippen LogP contribution in [-0.4, -0.2) is 31.1 Å². The van der Waals surface area contributed by atoms with Gasteiger partial charge in [0.25, 0.3) is 0 Å². The summed E-state index contributed by atoms with van der Waals surface area (Å²) >= 11 is 0. The van der Waals surface area contributed by atoms with Gasteiger partial charge in [-0.3, -0.25) is 4.79 Å². The fraction of sp³-hybridized carbons (Fsp3) is 0.235. The number of carbonyl (C=O) groups is 1. The highest BCUT2D eigenvalue weighted by atomic mass is 16.5. The van der Waals surface area contributed by atoms with Crippen LogP contribution in [0.15, 0.2) is 42.6 Å². The number of nitrogens with zero attached hydrogens (tertiary/aromatic N) is 5. The van der Waals surface area contributed by atoms with Gasteiger partial charge in [-0.1, -0.05) is 12.1 Å². The maximum atomic E-state index is 12.1. The van der Waals surface area contributed by atoms with Crippen molar-refractivity contribution in [1.82, 2.24) is 25.2 Å². The Morgan fingerprint density at radius 2 is 2.04 bits per heavy atom. The van der Waals surface area contributed by atoms with Gasteiger partial charge in [0.15, 0.2) is 5.82 Å². The summed E-state index contributed by atoms with van der Waals surface area (Å²) < 4.78 is 7.18. The molecule has 0 bridgehead atoms. The quantitative estimate of drug-likeness (QED) is 0.735. The summed E-state index contributed by atoms with van der Waals surface area (Å²) in [6.07, 6.45) is 1.94. The number of tetrazole rings is 1. The Morgan fingerprint density at radius 1 is 1.24 bits per heavy atom. The van der Waals surface area contributed by atoms with Crippen molar-refractivity contribution in [2.45, 2.75) is 20.0 Å². The van der Waals surface area contributed by atoms with E-state index in [1.54, 1.807) is 17.9 Å². The van der Waals surface area contributed by atoms with E-state index < -0.39 is 0 Å². The Kier molecular flexibility index (Phi) is 4.98. The third kappa shape index (κ3) is 4.60. The van der Waals surface area contributed by atoms with E-state index in [4.69, 9.17) is 4.74 Å². The van der Waals surface area contributed by atoms with E-state index in [0.717, 1.165) is 11.1 Å². The first-order valence-electron chi connectivity index (χ1n) is 7.75. The summed E-state index contributed by atoms with van der Waals surface area (Å²) in [4.78, 5) is 16.2. The van der Waals surface area contributed by atoms with Gasteiger partial charge in [0, 0.05) is 13.2 Å². The summed E-state index contributed by atoms with van der Waals surface area (Å²) in [6.45, 7) is 2.23. The van der Waals surface area contributed by atoms with Crippen LogP contribution in [0.5, 0.6) is 5.75 Å². The first-order valence-corrected chi connectivity index (χ1v) is 7.75. The Bertz CT molecular complexity index is 860. The Balaban J connectivity index is 1.53. The molecule has 128 valence electrons. The highest BCUT2D eigenvalue weighted by Gasteiger charge is 2.07. The maximum Gasteiger partial charge on any atom is 0.229 e. The van der Waals surface area contributed by atoms with E-state index in [0.29, 0.717) is 17.4 Å². The number of rotatable bonds is 6. The number of amides is 1. The number of benzene rings is 1. The molecule has 0 atom stereocenters. The summed E-state index contributed by atoms with van der Waals surface area (Å²) in [7, 11) is 1.75. The average Bonchev–Trinajstić information content (AvgIpc) is 2.99. The molecule has 1 amide bonds. The Morgan fingerprint density at radius 3 is 2.72 bits per heavy atom. The lowest BCUT2D eigenvalue weighted by atomic mass is 10.1. The van der Waals surface area contributed by atoms with Gasteiger partial charge in [-0.05, 0) is 52.7 Å². The standard InChI is InChI=1S/C17H18N6O2/c1-12-7-8-18-15(9-12)19-17(24)10-13-3-5-14(6-4-13)25-11-16-20-21-22-23(16)2/h3-9H,10-11H2,1-2H3,(H,18,19,24). The lowest BCUT2D eigenvalue weighted by molar-refractivity contribution is -0.115. The van der Waals surface area contributed by atoms with Gasteiger partial charge in [-0.25, -0.2) is 9.67 Å². The van der Waals surface area contributed by atoms with E-state index in [1.807, 2.05) is 43.3 Å². The lowest BCUT2D eigenvalue weighted by Gasteiger charge is -2.07. The molecule has 25 heavy (non-hydrogen) atoms. The van der Waals surface area contributed by atoms with Crippen LogP contribution in [0.3, 0.4) is 0 Å². The highest BCUT2D eigenvalue weighted by Crippen LogP contribution is 2.14. The van der Waals surface area contributed by atoms with E-state index in [2.05, 4.69) is 25.8 Å².